The Morgan fingerprint density at radius 1 is 1.35 bits per heavy atom. The van der Waals surface area contributed by atoms with Gasteiger partial charge in [-0.15, -0.1) is 10.2 Å². The molecular weight excluding hydrogens is 254 g/mol. The molecule has 2 aromatic rings. The number of hydrogen-bond donors (Lipinski definition) is 1. The molecular formula is C14H19N5O. The summed E-state index contributed by atoms with van der Waals surface area (Å²) in [5, 5.41) is 10.6. The molecule has 2 rings (SSSR count). The van der Waals surface area contributed by atoms with E-state index < -0.39 is 0 Å². The van der Waals surface area contributed by atoms with E-state index in [1.165, 1.54) is 0 Å². The molecule has 0 aliphatic rings. The second-order valence-corrected chi connectivity index (χ2v) is 4.74. The van der Waals surface area contributed by atoms with Crippen LogP contribution < -0.4 is 10.2 Å². The monoisotopic (exact) mass is 273 g/mol. The molecule has 0 atom stereocenters. The van der Waals surface area contributed by atoms with Gasteiger partial charge in [0.25, 0.3) is 5.91 Å². The molecule has 1 aromatic heterocycles. The number of carbonyl (C=O) groups excluding carboxylic acids is 1. The van der Waals surface area contributed by atoms with Gasteiger partial charge in [0.05, 0.1) is 5.56 Å². The van der Waals surface area contributed by atoms with Gasteiger partial charge in [0.1, 0.15) is 12.2 Å². The average molecular weight is 273 g/mol. The van der Waals surface area contributed by atoms with Crippen molar-refractivity contribution in [1.82, 2.24) is 20.1 Å². The molecule has 6 heteroatoms. The number of aryl methyl sites for hydroxylation is 1. The molecule has 6 nitrogen and oxygen atoms in total. The van der Waals surface area contributed by atoms with Crippen molar-refractivity contribution in [3.8, 4) is 0 Å². The van der Waals surface area contributed by atoms with E-state index >= 15 is 0 Å². The Bertz CT molecular complexity index is 591. The van der Waals surface area contributed by atoms with Crippen molar-refractivity contribution < 1.29 is 4.79 Å². The third kappa shape index (κ3) is 3.14. The van der Waals surface area contributed by atoms with Crippen LogP contribution in [0.2, 0.25) is 0 Å². The molecule has 0 unspecified atom stereocenters. The SMILES string of the molecule is Cc1nncn1CCNC(=O)c1ccccc1N(C)C. The maximum atomic E-state index is 12.2. The topological polar surface area (TPSA) is 63.1 Å². The number of rotatable bonds is 5. The Labute approximate surface area is 118 Å². The predicted molar refractivity (Wildman–Crippen MR) is 77.9 cm³/mol. The summed E-state index contributed by atoms with van der Waals surface area (Å²) in [6.45, 7) is 3.09. The Hall–Kier alpha value is -2.37. The zero-order valence-electron chi connectivity index (χ0n) is 12.0. The first-order valence-electron chi connectivity index (χ1n) is 6.48. The van der Waals surface area contributed by atoms with Crippen molar-refractivity contribution in [2.75, 3.05) is 25.5 Å². The number of benzene rings is 1. The van der Waals surface area contributed by atoms with Gasteiger partial charge in [-0.3, -0.25) is 4.79 Å². The van der Waals surface area contributed by atoms with E-state index in [1.807, 2.05) is 54.8 Å². The molecule has 1 heterocycles. The number of aromatic nitrogens is 3. The molecule has 0 radical (unpaired) electrons. The van der Waals surface area contributed by atoms with Gasteiger partial charge in [0.15, 0.2) is 0 Å². The van der Waals surface area contributed by atoms with E-state index in [0.717, 1.165) is 11.5 Å². The fourth-order valence-corrected chi connectivity index (χ4v) is 1.97. The highest BCUT2D eigenvalue weighted by molar-refractivity contribution is 5.99. The number of nitrogens with zero attached hydrogens (tertiary/aromatic N) is 4. The van der Waals surface area contributed by atoms with Crippen LogP contribution in [0, 0.1) is 6.92 Å². The van der Waals surface area contributed by atoms with E-state index in [9.17, 15) is 4.79 Å². The minimum Gasteiger partial charge on any atom is -0.377 e. The van der Waals surface area contributed by atoms with Gasteiger partial charge in [-0.1, -0.05) is 12.1 Å². The van der Waals surface area contributed by atoms with E-state index in [0.29, 0.717) is 18.7 Å². The molecule has 0 spiro atoms. The second-order valence-electron chi connectivity index (χ2n) is 4.74. The molecule has 106 valence electrons. The Balaban J connectivity index is 1.97. The summed E-state index contributed by atoms with van der Waals surface area (Å²) >= 11 is 0. The van der Waals surface area contributed by atoms with Crippen molar-refractivity contribution in [1.29, 1.82) is 0 Å². The van der Waals surface area contributed by atoms with E-state index in [1.54, 1.807) is 6.33 Å². The Morgan fingerprint density at radius 3 is 2.75 bits per heavy atom. The van der Waals surface area contributed by atoms with Gasteiger partial charge < -0.3 is 14.8 Å². The maximum absolute atomic E-state index is 12.2. The van der Waals surface area contributed by atoms with Gasteiger partial charge in [0.2, 0.25) is 0 Å². The highest BCUT2D eigenvalue weighted by atomic mass is 16.1. The van der Waals surface area contributed by atoms with Crippen LogP contribution in [0.1, 0.15) is 16.2 Å². The summed E-state index contributed by atoms with van der Waals surface area (Å²) in [7, 11) is 3.85. The van der Waals surface area contributed by atoms with E-state index in [4.69, 9.17) is 0 Å². The number of para-hydroxylation sites is 1. The zero-order chi connectivity index (χ0) is 14.5. The van der Waals surface area contributed by atoms with Crippen LogP contribution in [0.15, 0.2) is 30.6 Å². The summed E-state index contributed by atoms with van der Waals surface area (Å²) in [5.74, 6) is 0.771. The second kappa shape index (κ2) is 6.18. The molecule has 20 heavy (non-hydrogen) atoms. The number of hydrogen-bond acceptors (Lipinski definition) is 4. The first kappa shape index (κ1) is 14.0. The number of carbonyl (C=O) groups is 1. The molecule has 0 saturated heterocycles. The average Bonchev–Trinajstić information content (AvgIpc) is 2.84. The Morgan fingerprint density at radius 2 is 2.10 bits per heavy atom. The van der Waals surface area contributed by atoms with Crippen molar-refractivity contribution >= 4 is 11.6 Å². The largest absolute Gasteiger partial charge is 0.377 e. The molecule has 0 aliphatic heterocycles. The van der Waals surface area contributed by atoms with Crippen molar-refractivity contribution in [2.45, 2.75) is 13.5 Å². The molecule has 0 saturated carbocycles. The summed E-state index contributed by atoms with van der Waals surface area (Å²) < 4.78 is 1.90. The number of anilines is 1. The normalized spacial score (nSPS) is 10.3. The number of nitrogens with one attached hydrogen (secondary N) is 1. The van der Waals surface area contributed by atoms with Gasteiger partial charge >= 0.3 is 0 Å². The summed E-state index contributed by atoms with van der Waals surface area (Å²) in [6.07, 6.45) is 1.66. The zero-order valence-corrected chi connectivity index (χ0v) is 12.0. The summed E-state index contributed by atoms with van der Waals surface area (Å²) in [4.78, 5) is 14.1. The fourth-order valence-electron chi connectivity index (χ4n) is 1.97. The predicted octanol–water partition coefficient (Wildman–Crippen LogP) is 1.08. The smallest absolute Gasteiger partial charge is 0.253 e. The quantitative estimate of drug-likeness (QED) is 0.885. The van der Waals surface area contributed by atoms with Crippen LogP contribution in [-0.4, -0.2) is 41.3 Å². The van der Waals surface area contributed by atoms with Crippen molar-refractivity contribution in [3.05, 3.63) is 42.0 Å². The van der Waals surface area contributed by atoms with Crippen LogP contribution in [0.3, 0.4) is 0 Å². The highest BCUT2D eigenvalue weighted by Gasteiger charge is 2.11. The van der Waals surface area contributed by atoms with E-state index in [-0.39, 0.29) is 5.91 Å². The molecule has 0 bridgehead atoms. The molecule has 0 fully saturated rings. The van der Waals surface area contributed by atoms with Crippen LogP contribution in [0.4, 0.5) is 5.69 Å². The van der Waals surface area contributed by atoms with Crippen LogP contribution >= 0.6 is 0 Å². The lowest BCUT2D eigenvalue weighted by atomic mass is 10.1. The first-order chi connectivity index (χ1) is 9.59. The molecule has 1 N–H and O–H groups in total. The van der Waals surface area contributed by atoms with Crippen LogP contribution in [-0.2, 0) is 6.54 Å². The van der Waals surface area contributed by atoms with Gasteiger partial charge in [-0.2, -0.15) is 0 Å². The van der Waals surface area contributed by atoms with Crippen LogP contribution in [0.25, 0.3) is 0 Å². The summed E-state index contributed by atoms with van der Waals surface area (Å²) in [5.41, 5.74) is 1.59. The highest BCUT2D eigenvalue weighted by Crippen LogP contribution is 2.17. The third-order valence-electron chi connectivity index (χ3n) is 3.08. The summed E-state index contributed by atoms with van der Waals surface area (Å²) in [6, 6.07) is 7.55. The van der Waals surface area contributed by atoms with Crippen molar-refractivity contribution in [2.24, 2.45) is 0 Å². The molecule has 0 aliphatic carbocycles. The van der Waals surface area contributed by atoms with Crippen molar-refractivity contribution in [3.63, 3.8) is 0 Å². The lowest BCUT2D eigenvalue weighted by Gasteiger charge is -2.17. The van der Waals surface area contributed by atoms with Gasteiger partial charge in [-0.25, -0.2) is 0 Å². The lowest BCUT2D eigenvalue weighted by Crippen LogP contribution is -2.28. The van der Waals surface area contributed by atoms with Crippen LogP contribution in [0.5, 0.6) is 0 Å². The Kier molecular flexibility index (Phi) is 4.34. The first-order valence-corrected chi connectivity index (χ1v) is 6.48. The molecule has 1 amide bonds. The number of amides is 1. The van der Waals surface area contributed by atoms with Gasteiger partial charge in [0, 0.05) is 32.9 Å². The van der Waals surface area contributed by atoms with Gasteiger partial charge in [-0.05, 0) is 19.1 Å². The lowest BCUT2D eigenvalue weighted by molar-refractivity contribution is 0.0952. The third-order valence-corrected chi connectivity index (χ3v) is 3.08. The minimum absolute atomic E-state index is 0.0694. The fraction of sp³-hybridized carbons (Fsp3) is 0.357. The minimum atomic E-state index is -0.0694. The molecule has 1 aromatic carbocycles. The maximum Gasteiger partial charge on any atom is 0.253 e. The van der Waals surface area contributed by atoms with E-state index in [2.05, 4.69) is 15.5 Å². The standard InChI is InChI=1S/C14H19N5O/c1-11-17-16-10-19(11)9-8-15-14(20)12-6-4-5-7-13(12)18(2)3/h4-7,10H,8-9H2,1-3H3,(H,15,20).